The molecule has 0 saturated carbocycles. The summed E-state index contributed by atoms with van der Waals surface area (Å²) in [6, 6.07) is 12.7. The first-order valence-electron chi connectivity index (χ1n) is 8.14. The predicted molar refractivity (Wildman–Crippen MR) is 100 cm³/mol. The number of imide groups is 1. The molecule has 138 valence electrons. The van der Waals surface area contributed by atoms with Crippen molar-refractivity contribution in [3.63, 3.8) is 0 Å². The fourth-order valence-electron chi connectivity index (χ4n) is 2.59. The molecule has 0 bridgehead atoms. The zero-order chi connectivity index (χ0) is 19.4. The number of nitrogens with zero attached hydrogens (tertiary/aromatic N) is 2. The van der Waals surface area contributed by atoms with Gasteiger partial charge in [0.15, 0.2) is 6.61 Å². The number of esters is 1. The van der Waals surface area contributed by atoms with E-state index in [0.717, 1.165) is 5.69 Å². The smallest absolute Gasteiger partial charge is 0.342 e. The first-order valence-corrected chi connectivity index (χ1v) is 9.02. The molecule has 0 atom stereocenters. The second-order valence-corrected chi connectivity index (χ2v) is 6.67. The highest BCUT2D eigenvalue weighted by Gasteiger charge is 2.22. The molecular formula is C19H17N3O4S. The van der Waals surface area contributed by atoms with Crippen LogP contribution in [0.15, 0.2) is 47.8 Å². The van der Waals surface area contributed by atoms with E-state index < -0.39 is 24.4 Å². The lowest BCUT2D eigenvalue weighted by molar-refractivity contribution is -0.123. The molecule has 0 unspecified atom stereocenters. The lowest BCUT2D eigenvalue weighted by atomic mass is 10.2. The molecule has 0 aliphatic rings. The van der Waals surface area contributed by atoms with Crippen molar-refractivity contribution >= 4 is 29.1 Å². The summed E-state index contributed by atoms with van der Waals surface area (Å²) in [6.07, 6.45) is 0. The van der Waals surface area contributed by atoms with E-state index in [2.05, 4.69) is 10.4 Å². The molecule has 0 radical (unpaired) electrons. The summed E-state index contributed by atoms with van der Waals surface area (Å²) in [4.78, 5) is 36.5. The third-order valence-electron chi connectivity index (χ3n) is 3.83. The van der Waals surface area contributed by atoms with E-state index in [1.165, 1.54) is 11.3 Å². The number of thiophene rings is 1. The predicted octanol–water partition coefficient (Wildman–Crippen LogP) is 2.66. The Morgan fingerprint density at radius 1 is 1.11 bits per heavy atom. The molecule has 2 heterocycles. The van der Waals surface area contributed by atoms with Crippen molar-refractivity contribution in [2.24, 2.45) is 0 Å². The van der Waals surface area contributed by atoms with E-state index >= 15 is 0 Å². The van der Waals surface area contributed by atoms with Crippen LogP contribution < -0.4 is 5.32 Å². The van der Waals surface area contributed by atoms with E-state index in [4.69, 9.17) is 4.74 Å². The third kappa shape index (κ3) is 4.12. The summed E-state index contributed by atoms with van der Waals surface area (Å²) in [6.45, 7) is 2.90. The van der Waals surface area contributed by atoms with Gasteiger partial charge < -0.3 is 4.74 Å². The second kappa shape index (κ2) is 7.96. The summed E-state index contributed by atoms with van der Waals surface area (Å²) >= 11 is 1.22. The lowest BCUT2D eigenvalue weighted by Gasteiger charge is -2.06. The SMILES string of the molecule is Cc1nn(-c2ccccc2)c(C)c1C(=O)OCC(=O)NC(=O)c1cccs1. The maximum absolute atomic E-state index is 12.4. The first kappa shape index (κ1) is 18.5. The van der Waals surface area contributed by atoms with Crippen LogP contribution in [0.4, 0.5) is 0 Å². The summed E-state index contributed by atoms with van der Waals surface area (Å²) in [5, 5.41) is 8.29. The maximum Gasteiger partial charge on any atom is 0.342 e. The topological polar surface area (TPSA) is 90.3 Å². The molecule has 7 nitrogen and oxygen atoms in total. The van der Waals surface area contributed by atoms with Gasteiger partial charge >= 0.3 is 5.97 Å². The average Bonchev–Trinajstić information content (AvgIpc) is 3.29. The van der Waals surface area contributed by atoms with Crippen molar-refractivity contribution in [3.05, 3.63) is 69.7 Å². The molecule has 0 aliphatic heterocycles. The number of benzene rings is 1. The number of carbonyl (C=O) groups is 3. The van der Waals surface area contributed by atoms with Gasteiger partial charge in [-0.15, -0.1) is 11.3 Å². The van der Waals surface area contributed by atoms with Crippen molar-refractivity contribution in [3.8, 4) is 5.69 Å². The van der Waals surface area contributed by atoms with Crippen molar-refractivity contribution in [2.75, 3.05) is 6.61 Å². The molecule has 8 heteroatoms. The molecule has 0 fully saturated rings. The monoisotopic (exact) mass is 383 g/mol. The van der Waals surface area contributed by atoms with E-state index in [1.807, 2.05) is 30.3 Å². The zero-order valence-corrected chi connectivity index (χ0v) is 15.6. The second-order valence-electron chi connectivity index (χ2n) is 5.72. The minimum Gasteiger partial charge on any atom is -0.452 e. The van der Waals surface area contributed by atoms with Gasteiger partial charge in [0.05, 0.1) is 22.0 Å². The number of aromatic nitrogens is 2. The minimum absolute atomic E-state index is 0.302. The van der Waals surface area contributed by atoms with Crippen molar-refractivity contribution in [1.29, 1.82) is 0 Å². The van der Waals surface area contributed by atoms with Gasteiger partial charge in [0, 0.05) is 0 Å². The van der Waals surface area contributed by atoms with Gasteiger partial charge in [0.1, 0.15) is 5.56 Å². The number of carbonyl (C=O) groups excluding carboxylic acids is 3. The Kier molecular flexibility index (Phi) is 5.46. The van der Waals surface area contributed by atoms with Crippen LogP contribution >= 0.6 is 11.3 Å². The van der Waals surface area contributed by atoms with Crippen LogP contribution in [-0.2, 0) is 9.53 Å². The first-order chi connectivity index (χ1) is 13.0. The molecule has 0 aliphatic carbocycles. The van der Waals surface area contributed by atoms with E-state index in [1.54, 1.807) is 36.0 Å². The summed E-state index contributed by atoms with van der Waals surface area (Å²) in [5.74, 6) is -1.87. The number of amides is 2. The normalized spacial score (nSPS) is 10.4. The Labute approximate surface area is 159 Å². The molecule has 2 amide bonds. The fourth-order valence-corrected chi connectivity index (χ4v) is 3.21. The molecule has 3 rings (SSSR count). The highest BCUT2D eigenvalue weighted by atomic mass is 32.1. The Morgan fingerprint density at radius 3 is 2.52 bits per heavy atom. The number of hydrogen-bond donors (Lipinski definition) is 1. The number of aryl methyl sites for hydroxylation is 1. The number of hydrogen-bond acceptors (Lipinski definition) is 6. The molecule has 27 heavy (non-hydrogen) atoms. The summed E-state index contributed by atoms with van der Waals surface area (Å²) < 4.78 is 6.71. The van der Waals surface area contributed by atoms with Gasteiger partial charge in [-0.2, -0.15) is 5.10 Å². The molecule has 0 saturated heterocycles. The summed E-state index contributed by atoms with van der Waals surface area (Å²) in [5.41, 5.74) is 2.22. The molecule has 3 aromatic rings. The maximum atomic E-state index is 12.4. The third-order valence-corrected chi connectivity index (χ3v) is 4.70. The Bertz CT molecular complexity index is 978. The zero-order valence-electron chi connectivity index (χ0n) is 14.8. The Balaban J connectivity index is 1.65. The number of para-hydroxylation sites is 1. The molecule has 1 aromatic carbocycles. The van der Waals surface area contributed by atoms with Gasteiger partial charge in [0.2, 0.25) is 0 Å². The number of nitrogens with one attached hydrogen (secondary N) is 1. The molecule has 0 spiro atoms. The van der Waals surface area contributed by atoms with Crippen LogP contribution in [0.5, 0.6) is 0 Å². The van der Waals surface area contributed by atoms with E-state index in [0.29, 0.717) is 21.8 Å². The minimum atomic E-state index is -0.687. The van der Waals surface area contributed by atoms with Crippen molar-refractivity contribution < 1.29 is 19.1 Å². The lowest BCUT2D eigenvalue weighted by Crippen LogP contribution is -2.33. The van der Waals surface area contributed by atoms with Gasteiger partial charge in [0.25, 0.3) is 11.8 Å². The number of rotatable bonds is 5. The van der Waals surface area contributed by atoms with Crippen molar-refractivity contribution in [1.82, 2.24) is 15.1 Å². The standard InChI is InChI=1S/C19H17N3O4S/c1-12-17(13(2)22(21-12)14-7-4-3-5-8-14)19(25)26-11-16(23)20-18(24)15-9-6-10-27-15/h3-10H,11H2,1-2H3,(H,20,23,24). The van der Waals surface area contributed by atoms with Gasteiger partial charge in [-0.25, -0.2) is 9.48 Å². The molecule has 1 N–H and O–H groups in total. The molecular weight excluding hydrogens is 366 g/mol. The van der Waals surface area contributed by atoms with Crippen molar-refractivity contribution in [2.45, 2.75) is 13.8 Å². The largest absolute Gasteiger partial charge is 0.452 e. The summed E-state index contributed by atoms with van der Waals surface area (Å²) in [7, 11) is 0. The highest BCUT2D eigenvalue weighted by Crippen LogP contribution is 2.18. The fraction of sp³-hybridized carbons (Fsp3) is 0.158. The van der Waals surface area contributed by atoms with Crippen LogP contribution in [0.25, 0.3) is 5.69 Å². The van der Waals surface area contributed by atoms with Crippen LogP contribution in [0.1, 0.15) is 31.4 Å². The van der Waals surface area contributed by atoms with Crippen LogP contribution in [0.2, 0.25) is 0 Å². The molecule has 2 aromatic heterocycles. The van der Waals surface area contributed by atoms with Gasteiger partial charge in [-0.1, -0.05) is 24.3 Å². The van der Waals surface area contributed by atoms with Gasteiger partial charge in [-0.3, -0.25) is 14.9 Å². The van der Waals surface area contributed by atoms with E-state index in [9.17, 15) is 14.4 Å². The Morgan fingerprint density at radius 2 is 1.85 bits per heavy atom. The van der Waals surface area contributed by atoms with Crippen LogP contribution in [0, 0.1) is 13.8 Å². The Hall–Kier alpha value is -3.26. The van der Waals surface area contributed by atoms with E-state index in [-0.39, 0.29) is 0 Å². The average molecular weight is 383 g/mol. The quantitative estimate of drug-likeness (QED) is 0.684. The van der Waals surface area contributed by atoms with Crippen LogP contribution in [0.3, 0.4) is 0 Å². The van der Waals surface area contributed by atoms with Gasteiger partial charge in [-0.05, 0) is 37.4 Å². The number of ether oxygens (including phenoxy) is 1. The van der Waals surface area contributed by atoms with Crippen LogP contribution in [-0.4, -0.2) is 34.2 Å². The highest BCUT2D eigenvalue weighted by molar-refractivity contribution is 7.12.